The van der Waals surface area contributed by atoms with Gasteiger partial charge in [0, 0.05) is 11.4 Å². The summed E-state index contributed by atoms with van der Waals surface area (Å²) in [7, 11) is 0. The summed E-state index contributed by atoms with van der Waals surface area (Å²) >= 11 is 6.70. The highest BCUT2D eigenvalue weighted by molar-refractivity contribution is 6.24. The van der Waals surface area contributed by atoms with E-state index in [9.17, 15) is 9.90 Å². The zero-order valence-corrected chi connectivity index (χ0v) is 11.7. The van der Waals surface area contributed by atoms with E-state index in [4.69, 9.17) is 11.6 Å². The maximum Gasteiger partial charge on any atom is 0.226 e. The topological polar surface area (TPSA) is 49.3 Å². The van der Waals surface area contributed by atoms with Crippen LogP contribution in [-0.2, 0) is 4.79 Å². The van der Waals surface area contributed by atoms with Gasteiger partial charge in [0.15, 0.2) is 0 Å². The molecule has 3 unspecified atom stereocenters. The van der Waals surface area contributed by atoms with Crippen molar-refractivity contribution in [2.24, 2.45) is 17.3 Å². The monoisotopic (exact) mass is 271 g/mol. The van der Waals surface area contributed by atoms with Crippen molar-refractivity contribution in [3.63, 3.8) is 0 Å². The molecule has 0 aromatic carbocycles. The number of rotatable bonds is 3. The number of carbonyl (C=O) groups excluding carboxylic acids is 1. The molecule has 4 saturated carbocycles. The van der Waals surface area contributed by atoms with Crippen LogP contribution in [0.5, 0.6) is 0 Å². The third-order valence-corrected chi connectivity index (χ3v) is 5.47. The first-order valence-corrected chi connectivity index (χ1v) is 7.44. The number of aliphatic hydroxyl groups excluding tert-OH is 1. The highest BCUT2D eigenvalue weighted by atomic mass is 35.5. The predicted molar refractivity (Wildman–Crippen MR) is 70.4 cm³/mol. The molecule has 1 amide bonds. The van der Waals surface area contributed by atoms with E-state index in [0.29, 0.717) is 18.4 Å². The molecule has 4 heteroatoms. The number of carbonyl (C=O) groups is 1. The van der Waals surface area contributed by atoms with E-state index in [1.165, 1.54) is 6.42 Å². The molecule has 4 aliphatic rings. The highest BCUT2D eigenvalue weighted by Gasteiger charge is 2.59. The first-order valence-electron chi connectivity index (χ1n) is 7.06. The molecule has 0 aromatic heterocycles. The average molecular weight is 272 g/mol. The van der Waals surface area contributed by atoms with Crippen LogP contribution in [0.4, 0.5) is 0 Å². The molecule has 0 spiro atoms. The molecule has 3 atom stereocenters. The van der Waals surface area contributed by atoms with E-state index >= 15 is 0 Å². The first-order chi connectivity index (χ1) is 8.41. The average Bonchev–Trinajstić information content (AvgIpc) is 2.22. The molecule has 18 heavy (non-hydrogen) atoms. The van der Waals surface area contributed by atoms with Crippen molar-refractivity contribution in [2.75, 3.05) is 6.54 Å². The minimum absolute atomic E-state index is 0.119. The molecular formula is C14H22ClNO2. The molecule has 102 valence electrons. The largest absolute Gasteiger partial charge is 0.392 e. The lowest BCUT2D eigenvalue weighted by Crippen LogP contribution is -2.58. The van der Waals surface area contributed by atoms with Crippen LogP contribution in [0.2, 0.25) is 0 Å². The zero-order chi connectivity index (χ0) is 13.0. The first kappa shape index (κ1) is 12.7. The minimum Gasteiger partial charge on any atom is -0.392 e. The molecular weight excluding hydrogens is 250 g/mol. The summed E-state index contributed by atoms with van der Waals surface area (Å²) in [4.78, 5) is 12.3. The maximum absolute atomic E-state index is 12.5. The van der Waals surface area contributed by atoms with Gasteiger partial charge in [0.2, 0.25) is 5.91 Å². The summed E-state index contributed by atoms with van der Waals surface area (Å²) in [5, 5.41) is 12.2. The van der Waals surface area contributed by atoms with E-state index in [-0.39, 0.29) is 16.2 Å². The molecule has 3 nitrogen and oxygen atoms in total. The normalized spacial score (nSPS) is 47.1. The van der Waals surface area contributed by atoms with Gasteiger partial charge >= 0.3 is 0 Å². The van der Waals surface area contributed by atoms with Crippen molar-refractivity contribution in [3.05, 3.63) is 0 Å². The third-order valence-electron chi connectivity index (χ3n) is 5.03. The summed E-state index contributed by atoms with van der Waals surface area (Å²) in [5.41, 5.74) is -0.235. The molecule has 0 radical (unpaired) electrons. The number of hydrogen-bond acceptors (Lipinski definition) is 2. The van der Waals surface area contributed by atoms with Gasteiger partial charge in [-0.05, 0) is 57.3 Å². The van der Waals surface area contributed by atoms with E-state index in [2.05, 4.69) is 5.32 Å². The summed E-state index contributed by atoms with van der Waals surface area (Å²) in [6.45, 7) is 2.05. The van der Waals surface area contributed by atoms with Gasteiger partial charge in [-0.2, -0.15) is 0 Å². The predicted octanol–water partition coefficient (Wildman–Crippen LogP) is 2.06. The Morgan fingerprint density at radius 2 is 2.00 bits per heavy atom. The lowest BCUT2D eigenvalue weighted by atomic mass is 9.49. The third kappa shape index (κ3) is 2.05. The summed E-state index contributed by atoms with van der Waals surface area (Å²) < 4.78 is 0. The number of hydrogen-bond donors (Lipinski definition) is 2. The second kappa shape index (κ2) is 4.11. The van der Waals surface area contributed by atoms with E-state index in [1.807, 2.05) is 0 Å². The SMILES string of the molecule is CC(O)CNC(=O)C12CC3CC(CC(Cl)(C3)C1)C2. The molecule has 4 fully saturated rings. The molecule has 2 N–H and O–H groups in total. The number of nitrogens with one attached hydrogen (secondary N) is 1. The van der Waals surface area contributed by atoms with Crippen molar-refractivity contribution in [1.29, 1.82) is 0 Å². The Bertz CT molecular complexity index is 355. The molecule has 4 aliphatic carbocycles. The Hall–Kier alpha value is -0.280. The Balaban J connectivity index is 1.76. The van der Waals surface area contributed by atoms with Crippen LogP contribution in [0.3, 0.4) is 0 Å². The van der Waals surface area contributed by atoms with E-state index in [1.54, 1.807) is 6.92 Å². The fourth-order valence-electron chi connectivity index (χ4n) is 4.84. The number of alkyl halides is 1. The van der Waals surface area contributed by atoms with E-state index < -0.39 is 6.10 Å². The molecule has 0 aliphatic heterocycles. The van der Waals surface area contributed by atoms with Crippen molar-refractivity contribution in [1.82, 2.24) is 5.32 Å². The molecule has 4 bridgehead atoms. The van der Waals surface area contributed by atoms with Crippen LogP contribution in [-0.4, -0.2) is 28.5 Å². The van der Waals surface area contributed by atoms with Crippen LogP contribution in [0.1, 0.15) is 45.4 Å². The van der Waals surface area contributed by atoms with Crippen LogP contribution in [0.25, 0.3) is 0 Å². The fourth-order valence-corrected chi connectivity index (χ4v) is 5.54. The number of amides is 1. The van der Waals surface area contributed by atoms with Crippen LogP contribution in [0, 0.1) is 17.3 Å². The summed E-state index contributed by atoms with van der Waals surface area (Å²) in [6.07, 6.45) is 5.81. The van der Waals surface area contributed by atoms with Gasteiger partial charge in [0.05, 0.1) is 11.5 Å². The van der Waals surface area contributed by atoms with Crippen molar-refractivity contribution >= 4 is 17.5 Å². The minimum atomic E-state index is -0.479. The van der Waals surface area contributed by atoms with Crippen LogP contribution < -0.4 is 5.32 Å². The second-order valence-electron chi connectivity index (χ2n) is 6.95. The van der Waals surface area contributed by atoms with Crippen LogP contribution in [0.15, 0.2) is 0 Å². The summed E-state index contributed by atoms with van der Waals surface area (Å²) in [5.74, 6) is 1.41. The Morgan fingerprint density at radius 1 is 1.39 bits per heavy atom. The van der Waals surface area contributed by atoms with Crippen molar-refractivity contribution in [3.8, 4) is 0 Å². The molecule has 0 saturated heterocycles. The maximum atomic E-state index is 12.5. The number of halogens is 1. The highest BCUT2D eigenvalue weighted by Crippen LogP contribution is 2.63. The van der Waals surface area contributed by atoms with Gasteiger partial charge in [-0.25, -0.2) is 0 Å². The second-order valence-corrected chi connectivity index (χ2v) is 7.75. The van der Waals surface area contributed by atoms with Crippen molar-refractivity contribution < 1.29 is 9.90 Å². The van der Waals surface area contributed by atoms with Gasteiger partial charge in [-0.1, -0.05) is 0 Å². The lowest BCUT2D eigenvalue weighted by Gasteiger charge is -2.59. The van der Waals surface area contributed by atoms with Gasteiger partial charge in [0.25, 0.3) is 0 Å². The van der Waals surface area contributed by atoms with E-state index in [0.717, 1.165) is 32.1 Å². The zero-order valence-electron chi connectivity index (χ0n) is 10.9. The lowest BCUT2D eigenvalue weighted by molar-refractivity contribution is -0.145. The smallest absolute Gasteiger partial charge is 0.226 e. The fraction of sp³-hybridized carbons (Fsp3) is 0.929. The molecule has 0 heterocycles. The van der Waals surface area contributed by atoms with Gasteiger partial charge < -0.3 is 10.4 Å². The number of aliphatic hydroxyl groups is 1. The summed E-state index contributed by atoms with van der Waals surface area (Å²) in [6, 6.07) is 0. The van der Waals surface area contributed by atoms with Gasteiger partial charge in [-0.3, -0.25) is 4.79 Å². The standard InChI is InChI=1S/C14H22ClNO2/c1-9(17)7-16-12(18)13-3-10-2-11(4-13)6-14(15,5-10)8-13/h9-11,17H,2-8H2,1H3,(H,16,18). The Morgan fingerprint density at radius 3 is 2.50 bits per heavy atom. The molecule has 4 rings (SSSR count). The quantitative estimate of drug-likeness (QED) is 0.772. The van der Waals surface area contributed by atoms with Crippen LogP contribution >= 0.6 is 11.6 Å². The Labute approximate surface area is 113 Å². The van der Waals surface area contributed by atoms with Gasteiger partial charge in [-0.15, -0.1) is 11.6 Å². The Kier molecular flexibility index (Phi) is 2.91. The molecule has 0 aromatic rings. The van der Waals surface area contributed by atoms with Crippen molar-refractivity contribution in [2.45, 2.75) is 56.4 Å². The van der Waals surface area contributed by atoms with Gasteiger partial charge in [0.1, 0.15) is 0 Å².